The Kier molecular flexibility index (Phi) is 17.0. The summed E-state index contributed by atoms with van der Waals surface area (Å²) in [7, 11) is 1.90. The van der Waals surface area contributed by atoms with Crippen molar-refractivity contribution < 1.29 is 4.39 Å². The average Bonchev–Trinajstić information content (AvgIpc) is 2.41. The molecule has 0 saturated heterocycles. The van der Waals surface area contributed by atoms with Gasteiger partial charge in [0.15, 0.2) is 0 Å². The fourth-order valence-electron chi connectivity index (χ4n) is 1.02. The molecular weight excluding hydrogens is 281 g/mol. The van der Waals surface area contributed by atoms with Gasteiger partial charge in [0.2, 0.25) is 0 Å². The summed E-state index contributed by atoms with van der Waals surface area (Å²) in [4.78, 5) is 0. The normalized spacial score (nSPS) is 8.89. The van der Waals surface area contributed by atoms with Gasteiger partial charge in [0.05, 0.1) is 0 Å². The van der Waals surface area contributed by atoms with Crippen molar-refractivity contribution >= 4 is 23.4 Å². The molecule has 0 aliphatic carbocycles. The fourth-order valence-corrected chi connectivity index (χ4v) is 2.32. The van der Waals surface area contributed by atoms with Crippen LogP contribution in [0.5, 0.6) is 0 Å². The van der Waals surface area contributed by atoms with Gasteiger partial charge < -0.3 is 5.32 Å². The second kappa shape index (κ2) is 15.5. The first-order valence-electron chi connectivity index (χ1n) is 6.32. The van der Waals surface area contributed by atoms with Gasteiger partial charge in [0.25, 0.3) is 0 Å². The van der Waals surface area contributed by atoms with E-state index in [1.807, 2.05) is 7.05 Å². The maximum atomic E-state index is 13.2. The molecule has 0 heterocycles. The van der Waals surface area contributed by atoms with E-state index in [-0.39, 0.29) is 5.82 Å². The third kappa shape index (κ3) is 11.0. The minimum Gasteiger partial charge on any atom is -0.319 e. The first-order valence-corrected chi connectivity index (χ1v) is 7.85. The molecule has 0 unspecified atom stereocenters. The SMILES string of the molecule is C=C.CCC.CNCCSCc1c(F)cccc1Cl. The molecule has 0 saturated carbocycles. The van der Waals surface area contributed by atoms with Crippen molar-refractivity contribution in [1.29, 1.82) is 0 Å². The predicted molar refractivity (Wildman–Crippen MR) is 88.7 cm³/mol. The molecule has 0 aliphatic rings. The molecule has 19 heavy (non-hydrogen) atoms. The topological polar surface area (TPSA) is 12.0 Å². The second-order valence-electron chi connectivity index (χ2n) is 3.56. The first-order chi connectivity index (χ1) is 9.17. The van der Waals surface area contributed by atoms with E-state index in [0.717, 1.165) is 12.3 Å². The molecule has 1 rings (SSSR count). The molecular formula is C15H25ClFNS. The Morgan fingerprint density at radius 2 is 1.89 bits per heavy atom. The molecule has 0 spiro atoms. The van der Waals surface area contributed by atoms with Crippen molar-refractivity contribution in [2.45, 2.75) is 26.0 Å². The second-order valence-corrected chi connectivity index (χ2v) is 5.08. The van der Waals surface area contributed by atoms with Crippen LogP contribution in [0.2, 0.25) is 5.02 Å². The Hall–Kier alpha value is -0.510. The van der Waals surface area contributed by atoms with E-state index in [1.54, 1.807) is 23.9 Å². The quantitative estimate of drug-likeness (QED) is 0.596. The van der Waals surface area contributed by atoms with Crippen molar-refractivity contribution in [2.24, 2.45) is 0 Å². The lowest BCUT2D eigenvalue weighted by Gasteiger charge is -2.05. The Balaban J connectivity index is 0. The number of benzene rings is 1. The van der Waals surface area contributed by atoms with Crippen LogP contribution >= 0.6 is 23.4 Å². The molecule has 1 aromatic carbocycles. The van der Waals surface area contributed by atoms with Gasteiger partial charge in [-0.15, -0.1) is 13.2 Å². The van der Waals surface area contributed by atoms with Crippen LogP contribution in [0, 0.1) is 5.82 Å². The zero-order valence-corrected chi connectivity index (χ0v) is 13.7. The fraction of sp³-hybridized carbons (Fsp3) is 0.467. The average molecular weight is 306 g/mol. The summed E-state index contributed by atoms with van der Waals surface area (Å²) in [5, 5.41) is 3.55. The molecule has 0 bridgehead atoms. The number of rotatable bonds is 5. The third-order valence-corrected chi connectivity index (χ3v) is 3.14. The number of hydrogen-bond acceptors (Lipinski definition) is 2. The molecule has 0 amide bonds. The van der Waals surface area contributed by atoms with Gasteiger partial charge in [-0.1, -0.05) is 37.9 Å². The lowest BCUT2D eigenvalue weighted by molar-refractivity contribution is 0.617. The zero-order chi connectivity index (χ0) is 15.1. The van der Waals surface area contributed by atoms with Crippen molar-refractivity contribution in [3.8, 4) is 0 Å². The highest BCUT2D eigenvalue weighted by Gasteiger charge is 2.05. The predicted octanol–water partition coefficient (Wildman–Crippen LogP) is 5.15. The molecule has 4 heteroatoms. The maximum absolute atomic E-state index is 13.2. The van der Waals surface area contributed by atoms with Gasteiger partial charge in [-0.25, -0.2) is 4.39 Å². The third-order valence-electron chi connectivity index (χ3n) is 1.80. The van der Waals surface area contributed by atoms with Crippen LogP contribution in [-0.4, -0.2) is 19.3 Å². The summed E-state index contributed by atoms with van der Waals surface area (Å²) in [5.41, 5.74) is 0.607. The number of nitrogens with one attached hydrogen (secondary N) is 1. The van der Waals surface area contributed by atoms with E-state index in [9.17, 15) is 4.39 Å². The van der Waals surface area contributed by atoms with Crippen LogP contribution < -0.4 is 5.32 Å². The maximum Gasteiger partial charge on any atom is 0.128 e. The molecule has 0 radical (unpaired) electrons. The van der Waals surface area contributed by atoms with E-state index in [1.165, 1.54) is 12.5 Å². The molecule has 1 aromatic rings. The standard InChI is InChI=1S/C10H13ClFNS.C3H8.C2H4/c1-13-5-6-14-7-8-9(11)3-2-4-10(8)12;1-3-2;1-2/h2-4,13H,5-7H2,1H3;3H2,1-2H3;1-2H2. The zero-order valence-electron chi connectivity index (χ0n) is 12.1. The van der Waals surface area contributed by atoms with Gasteiger partial charge >= 0.3 is 0 Å². The van der Waals surface area contributed by atoms with E-state index in [4.69, 9.17) is 11.6 Å². The van der Waals surface area contributed by atoms with Gasteiger partial charge in [-0.05, 0) is 19.2 Å². The Bertz CT molecular complexity index is 301. The van der Waals surface area contributed by atoms with Crippen LogP contribution in [0.1, 0.15) is 25.8 Å². The lowest BCUT2D eigenvalue weighted by atomic mass is 10.2. The van der Waals surface area contributed by atoms with Crippen LogP contribution in [0.4, 0.5) is 4.39 Å². The lowest BCUT2D eigenvalue weighted by Crippen LogP contribution is -2.09. The molecule has 0 atom stereocenters. The van der Waals surface area contributed by atoms with E-state index in [0.29, 0.717) is 16.3 Å². The van der Waals surface area contributed by atoms with Crippen molar-refractivity contribution in [3.05, 3.63) is 47.8 Å². The van der Waals surface area contributed by atoms with Crippen molar-refractivity contribution in [1.82, 2.24) is 5.32 Å². The first kappa shape index (κ1) is 20.8. The molecule has 0 aromatic heterocycles. The Labute approximate surface area is 126 Å². The summed E-state index contributed by atoms with van der Waals surface area (Å²) in [5.74, 6) is 1.38. The smallest absolute Gasteiger partial charge is 0.128 e. The minimum atomic E-state index is -0.213. The summed E-state index contributed by atoms with van der Waals surface area (Å²) >= 11 is 7.55. The number of thioether (sulfide) groups is 1. The minimum absolute atomic E-state index is 0.213. The largest absolute Gasteiger partial charge is 0.319 e. The number of hydrogen-bond donors (Lipinski definition) is 1. The molecule has 0 fully saturated rings. The molecule has 1 nitrogen and oxygen atoms in total. The Morgan fingerprint density at radius 1 is 1.32 bits per heavy atom. The molecule has 110 valence electrons. The van der Waals surface area contributed by atoms with Crippen LogP contribution in [-0.2, 0) is 5.75 Å². The molecule has 0 aliphatic heterocycles. The summed E-state index contributed by atoms with van der Waals surface area (Å²) in [6.07, 6.45) is 1.25. The summed E-state index contributed by atoms with van der Waals surface area (Å²) in [6, 6.07) is 4.79. The highest BCUT2D eigenvalue weighted by atomic mass is 35.5. The summed E-state index contributed by atoms with van der Waals surface area (Å²) in [6.45, 7) is 11.2. The van der Waals surface area contributed by atoms with E-state index in [2.05, 4.69) is 32.3 Å². The van der Waals surface area contributed by atoms with Gasteiger partial charge in [-0.3, -0.25) is 0 Å². The highest BCUT2D eigenvalue weighted by Crippen LogP contribution is 2.23. The van der Waals surface area contributed by atoms with Gasteiger partial charge in [-0.2, -0.15) is 11.8 Å². The highest BCUT2D eigenvalue weighted by molar-refractivity contribution is 7.98. The van der Waals surface area contributed by atoms with Crippen molar-refractivity contribution in [2.75, 3.05) is 19.3 Å². The summed E-state index contributed by atoms with van der Waals surface area (Å²) < 4.78 is 13.2. The van der Waals surface area contributed by atoms with Crippen LogP contribution in [0.25, 0.3) is 0 Å². The van der Waals surface area contributed by atoms with E-state index < -0.39 is 0 Å². The van der Waals surface area contributed by atoms with Gasteiger partial charge in [0, 0.05) is 28.6 Å². The van der Waals surface area contributed by atoms with Crippen LogP contribution in [0.15, 0.2) is 31.4 Å². The Morgan fingerprint density at radius 3 is 2.37 bits per heavy atom. The monoisotopic (exact) mass is 305 g/mol. The number of halogens is 2. The molecule has 1 N–H and O–H groups in total. The van der Waals surface area contributed by atoms with Crippen LogP contribution in [0.3, 0.4) is 0 Å². The van der Waals surface area contributed by atoms with E-state index >= 15 is 0 Å². The van der Waals surface area contributed by atoms with Crippen molar-refractivity contribution in [3.63, 3.8) is 0 Å². The van der Waals surface area contributed by atoms with Gasteiger partial charge in [0.1, 0.15) is 5.82 Å².